The average Bonchev–Trinajstić information content (AvgIpc) is 2.34. The van der Waals surface area contributed by atoms with Crippen molar-refractivity contribution in [3.63, 3.8) is 0 Å². The normalized spacial score (nSPS) is 10.5. The fourth-order valence-electron chi connectivity index (χ4n) is 1.72. The fraction of sp³-hybridized carbons (Fsp3) is 0.0769. The molecule has 0 bridgehead atoms. The van der Waals surface area contributed by atoms with Crippen molar-refractivity contribution in [2.45, 2.75) is 6.42 Å². The first-order chi connectivity index (χ1) is 8.99. The van der Waals surface area contributed by atoms with Crippen LogP contribution in [0.5, 0.6) is 0 Å². The van der Waals surface area contributed by atoms with Crippen LogP contribution < -0.4 is 5.73 Å². The maximum absolute atomic E-state index is 13.8. The van der Waals surface area contributed by atoms with Crippen molar-refractivity contribution in [1.82, 2.24) is 4.98 Å². The molecule has 0 saturated carbocycles. The van der Waals surface area contributed by atoms with Gasteiger partial charge in [-0.05, 0) is 46.4 Å². The minimum absolute atomic E-state index is 0.161. The van der Waals surface area contributed by atoms with E-state index < -0.39 is 5.91 Å². The lowest BCUT2D eigenvalue weighted by Gasteiger charge is -2.09. The number of aromatic nitrogens is 1. The van der Waals surface area contributed by atoms with Crippen molar-refractivity contribution in [2.24, 2.45) is 5.73 Å². The van der Waals surface area contributed by atoms with Crippen LogP contribution in [-0.4, -0.2) is 10.9 Å². The molecule has 98 valence electrons. The maximum Gasteiger partial charge on any atom is 0.249 e. The number of carbonyl (C=O) groups excluding carboxylic acids is 1. The average molecular weight is 391 g/mol. The van der Waals surface area contributed by atoms with Gasteiger partial charge in [0.25, 0.3) is 0 Å². The number of amides is 1. The Balaban J connectivity index is 2.46. The molecule has 0 saturated heterocycles. The number of benzene rings is 1. The van der Waals surface area contributed by atoms with Crippen LogP contribution >= 0.6 is 34.2 Å². The molecule has 3 nitrogen and oxygen atoms in total. The first-order valence-corrected chi connectivity index (χ1v) is 6.82. The number of pyridine rings is 1. The SMILES string of the molecule is NC(=O)c1ccnc(Cl)c1Cc1ccc(I)cc1F. The topological polar surface area (TPSA) is 56.0 Å². The van der Waals surface area contributed by atoms with E-state index in [0.29, 0.717) is 11.1 Å². The van der Waals surface area contributed by atoms with Gasteiger partial charge in [0.2, 0.25) is 5.91 Å². The van der Waals surface area contributed by atoms with Crippen molar-refractivity contribution >= 4 is 40.1 Å². The number of hydrogen-bond acceptors (Lipinski definition) is 2. The predicted octanol–water partition coefficient (Wildman–Crippen LogP) is 3.17. The van der Waals surface area contributed by atoms with Crippen molar-refractivity contribution in [2.75, 3.05) is 0 Å². The molecule has 2 aromatic rings. The largest absolute Gasteiger partial charge is 0.366 e. The predicted molar refractivity (Wildman–Crippen MR) is 79.7 cm³/mol. The molecule has 0 aliphatic carbocycles. The molecular formula is C13H9ClFIN2O. The second-order valence-electron chi connectivity index (χ2n) is 3.90. The van der Waals surface area contributed by atoms with E-state index in [-0.39, 0.29) is 23.0 Å². The lowest BCUT2D eigenvalue weighted by molar-refractivity contribution is 0.0999. The Kier molecular flexibility index (Phi) is 4.36. The second kappa shape index (κ2) is 5.83. The van der Waals surface area contributed by atoms with Crippen LogP contribution in [0.3, 0.4) is 0 Å². The molecule has 0 unspecified atom stereocenters. The van der Waals surface area contributed by atoms with Crippen LogP contribution in [0.1, 0.15) is 21.5 Å². The summed E-state index contributed by atoms with van der Waals surface area (Å²) in [7, 11) is 0. The molecule has 2 rings (SSSR count). The molecule has 0 aliphatic heterocycles. The monoisotopic (exact) mass is 390 g/mol. The standard InChI is InChI=1S/C13H9ClFIN2O/c14-12-10(9(13(17)19)3-4-18-12)5-7-1-2-8(16)6-11(7)15/h1-4,6H,5H2,(H2,17,19). The van der Waals surface area contributed by atoms with E-state index in [2.05, 4.69) is 4.98 Å². The highest BCUT2D eigenvalue weighted by Crippen LogP contribution is 2.23. The molecule has 1 aromatic heterocycles. The van der Waals surface area contributed by atoms with Gasteiger partial charge in [0.05, 0.1) is 0 Å². The van der Waals surface area contributed by atoms with Gasteiger partial charge in [-0.1, -0.05) is 17.7 Å². The summed E-state index contributed by atoms with van der Waals surface area (Å²) in [4.78, 5) is 15.2. The molecule has 6 heteroatoms. The summed E-state index contributed by atoms with van der Waals surface area (Å²) in [5, 5.41) is 0.161. The van der Waals surface area contributed by atoms with Crippen LogP contribution in [-0.2, 0) is 6.42 Å². The summed E-state index contributed by atoms with van der Waals surface area (Å²) >= 11 is 7.99. The van der Waals surface area contributed by atoms with Gasteiger partial charge in [0.1, 0.15) is 11.0 Å². The van der Waals surface area contributed by atoms with E-state index >= 15 is 0 Å². The first-order valence-electron chi connectivity index (χ1n) is 5.36. The van der Waals surface area contributed by atoms with Gasteiger partial charge in [-0.15, -0.1) is 0 Å². The zero-order valence-electron chi connectivity index (χ0n) is 9.66. The molecule has 0 fully saturated rings. The number of rotatable bonds is 3. The molecule has 1 heterocycles. The molecular weight excluding hydrogens is 382 g/mol. The summed E-state index contributed by atoms with van der Waals surface area (Å²) in [6.07, 6.45) is 1.57. The molecule has 2 N–H and O–H groups in total. The number of halogens is 3. The number of hydrogen-bond donors (Lipinski definition) is 1. The number of nitrogens with zero attached hydrogens (tertiary/aromatic N) is 1. The highest BCUT2D eigenvalue weighted by Gasteiger charge is 2.15. The minimum atomic E-state index is -0.606. The number of primary amides is 1. The lowest BCUT2D eigenvalue weighted by Crippen LogP contribution is -2.15. The summed E-state index contributed by atoms with van der Waals surface area (Å²) in [6, 6.07) is 6.34. The van der Waals surface area contributed by atoms with Gasteiger partial charge in [-0.2, -0.15) is 0 Å². The molecule has 0 radical (unpaired) electrons. The Morgan fingerprint density at radius 2 is 2.16 bits per heavy atom. The zero-order valence-corrected chi connectivity index (χ0v) is 12.6. The van der Waals surface area contributed by atoms with Crippen LogP contribution in [0.2, 0.25) is 5.15 Å². The third-order valence-corrected chi connectivity index (χ3v) is 3.65. The van der Waals surface area contributed by atoms with E-state index in [9.17, 15) is 9.18 Å². The van der Waals surface area contributed by atoms with Crippen LogP contribution in [0.25, 0.3) is 0 Å². The number of nitrogens with two attached hydrogens (primary N) is 1. The van der Waals surface area contributed by atoms with E-state index in [4.69, 9.17) is 17.3 Å². The molecule has 0 spiro atoms. The first kappa shape index (κ1) is 14.2. The van der Waals surface area contributed by atoms with Gasteiger partial charge in [0, 0.05) is 27.3 Å². The summed E-state index contributed by atoms with van der Waals surface area (Å²) in [5.41, 5.74) is 6.42. The highest BCUT2D eigenvalue weighted by molar-refractivity contribution is 14.1. The van der Waals surface area contributed by atoms with Crippen molar-refractivity contribution in [3.05, 3.63) is 61.7 Å². The van der Waals surface area contributed by atoms with Gasteiger partial charge in [-0.25, -0.2) is 9.37 Å². The maximum atomic E-state index is 13.8. The van der Waals surface area contributed by atoms with Gasteiger partial charge in [-0.3, -0.25) is 4.79 Å². The van der Waals surface area contributed by atoms with Gasteiger partial charge < -0.3 is 5.73 Å². The Morgan fingerprint density at radius 3 is 2.79 bits per heavy atom. The third-order valence-electron chi connectivity index (χ3n) is 2.65. The summed E-state index contributed by atoms with van der Waals surface area (Å²) < 4.78 is 14.6. The Morgan fingerprint density at radius 1 is 1.42 bits per heavy atom. The highest BCUT2D eigenvalue weighted by atomic mass is 127. The van der Waals surface area contributed by atoms with Crippen LogP contribution in [0, 0.1) is 9.39 Å². The van der Waals surface area contributed by atoms with E-state index in [0.717, 1.165) is 3.57 Å². The van der Waals surface area contributed by atoms with Gasteiger partial charge >= 0.3 is 0 Å². The van der Waals surface area contributed by atoms with Gasteiger partial charge in [0.15, 0.2) is 0 Å². The van der Waals surface area contributed by atoms with Crippen LogP contribution in [0.4, 0.5) is 4.39 Å². The smallest absolute Gasteiger partial charge is 0.249 e. The van der Waals surface area contributed by atoms with E-state index in [1.165, 1.54) is 18.3 Å². The number of carbonyl (C=O) groups is 1. The lowest BCUT2D eigenvalue weighted by atomic mass is 10.0. The summed E-state index contributed by atoms with van der Waals surface area (Å²) in [6.45, 7) is 0. The molecule has 1 amide bonds. The van der Waals surface area contributed by atoms with Crippen molar-refractivity contribution in [3.8, 4) is 0 Å². The summed E-state index contributed by atoms with van der Waals surface area (Å²) in [5.74, 6) is -0.951. The zero-order chi connectivity index (χ0) is 14.0. The molecule has 0 atom stereocenters. The van der Waals surface area contributed by atoms with E-state index in [1.54, 1.807) is 12.1 Å². The second-order valence-corrected chi connectivity index (χ2v) is 5.51. The molecule has 0 aliphatic rings. The minimum Gasteiger partial charge on any atom is -0.366 e. The van der Waals surface area contributed by atoms with E-state index in [1.807, 2.05) is 22.6 Å². The Labute approximate surface area is 128 Å². The third kappa shape index (κ3) is 3.22. The van der Waals surface area contributed by atoms with Crippen LogP contribution in [0.15, 0.2) is 30.5 Å². The van der Waals surface area contributed by atoms with Crippen molar-refractivity contribution in [1.29, 1.82) is 0 Å². The fourth-order valence-corrected chi connectivity index (χ4v) is 2.40. The quantitative estimate of drug-likeness (QED) is 0.646. The van der Waals surface area contributed by atoms with Crippen molar-refractivity contribution < 1.29 is 9.18 Å². The Hall–Kier alpha value is -1.21. The molecule has 1 aromatic carbocycles. The molecule has 19 heavy (non-hydrogen) atoms. The Bertz CT molecular complexity index is 649.